The Hall–Kier alpha value is -2.58. The summed E-state index contributed by atoms with van der Waals surface area (Å²) in [5.74, 6) is 0.0315. The number of thioether (sulfide) groups is 1. The van der Waals surface area contributed by atoms with Crippen LogP contribution in [0, 0.1) is 6.92 Å². The lowest BCUT2D eigenvalue weighted by Gasteiger charge is -2.12. The number of rotatable bonds is 7. The van der Waals surface area contributed by atoms with Crippen molar-refractivity contribution in [1.29, 1.82) is 0 Å². The normalized spacial score (nSPS) is 11.0. The number of carbonyl (C=O) groups is 1. The minimum Gasteiger partial charge on any atom is -0.383 e. The van der Waals surface area contributed by atoms with E-state index in [9.17, 15) is 9.59 Å². The number of carbonyl (C=O) groups excluding carboxylic acids is 1. The fourth-order valence-electron chi connectivity index (χ4n) is 2.55. The van der Waals surface area contributed by atoms with Crippen LogP contribution >= 0.6 is 11.8 Å². The molecule has 1 amide bonds. The van der Waals surface area contributed by atoms with E-state index in [2.05, 4.69) is 15.3 Å². The number of nitrogens with zero attached hydrogens (tertiary/aromatic N) is 2. The van der Waals surface area contributed by atoms with Gasteiger partial charge >= 0.3 is 0 Å². The standard InChI is InChI=1S/C18H20N4O3S/c1-12-10-14-16(20-12)17(24)22(13-6-4-3-5-7-13)18(21-14)26-11-15(23)19-8-9-25-2/h3-7,10,20H,8-9,11H2,1-2H3,(H,19,23). The number of methoxy groups -OCH3 is 1. The summed E-state index contributed by atoms with van der Waals surface area (Å²) in [7, 11) is 1.58. The Kier molecular flexibility index (Phi) is 5.75. The number of benzene rings is 1. The third-order valence-corrected chi connectivity index (χ3v) is 4.67. The summed E-state index contributed by atoms with van der Waals surface area (Å²) < 4.78 is 6.45. The van der Waals surface area contributed by atoms with Crippen LogP contribution in [0.3, 0.4) is 0 Å². The van der Waals surface area contributed by atoms with Gasteiger partial charge in [0.2, 0.25) is 5.91 Å². The zero-order valence-corrected chi connectivity index (χ0v) is 15.4. The second kappa shape index (κ2) is 8.20. The zero-order valence-electron chi connectivity index (χ0n) is 14.6. The number of nitrogens with one attached hydrogen (secondary N) is 2. The summed E-state index contributed by atoms with van der Waals surface area (Å²) in [4.78, 5) is 32.6. The van der Waals surface area contributed by atoms with Crippen LogP contribution < -0.4 is 10.9 Å². The zero-order chi connectivity index (χ0) is 18.5. The summed E-state index contributed by atoms with van der Waals surface area (Å²) in [5, 5.41) is 3.24. The molecule has 2 N–H and O–H groups in total. The lowest BCUT2D eigenvalue weighted by molar-refractivity contribution is -0.118. The fraction of sp³-hybridized carbons (Fsp3) is 0.278. The Morgan fingerprint density at radius 3 is 2.85 bits per heavy atom. The second-order valence-electron chi connectivity index (χ2n) is 5.71. The predicted octanol–water partition coefficient (Wildman–Crippen LogP) is 1.88. The number of ether oxygens (including phenoxy) is 1. The van der Waals surface area contributed by atoms with Crippen molar-refractivity contribution in [2.45, 2.75) is 12.1 Å². The van der Waals surface area contributed by atoms with Gasteiger partial charge in [-0.05, 0) is 25.1 Å². The van der Waals surface area contributed by atoms with Crippen molar-refractivity contribution in [1.82, 2.24) is 19.9 Å². The van der Waals surface area contributed by atoms with Crippen LogP contribution in [0.4, 0.5) is 0 Å². The predicted molar refractivity (Wildman–Crippen MR) is 102 cm³/mol. The number of H-pyrrole nitrogens is 1. The molecule has 2 aromatic heterocycles. The van der Waals surface area contributed by atoms with Crippen LogP contribution in [-0.4, -0.2) is 46.5 Å². The average molecular weight is 372 g/mol. The molecule has 0 unspecified atom stereocenters. The third kappa shape index (κ3) is 3.97. The Morgan fingerprint density at radius 2 is 2.12 bits per heavy atom. The van der Waals surface area contributed by atoms with Gasteiger partial charge < -0.3 is 15.0 Å². The smallest absolute Gasteiger partial charge is 0.283 e. The highest BCUT2D eigenvalue weighted by Gasteiger charge is 2.16. The van der Waals surface area contributed by atoms with E-state index in [0.717, 1.165) is 5.69 Å². The lowest BCUT2D eigenvalue weighted by Crippen LogP contribution is -2.29. The number of para-hydroxylation sites is 1. The summed E-state index contributed by atoms with van der Waals surface area (Å²) in [6.45, 7) is 2.78. The maximum Gasteiger partial charge on any atom is 0.283 e. The fourth-order valence-corrected chi connectivity index (χ4v) is 3.40. The molecule has 0 radical (unpaired) electrons. The monoisotopic (exact) mass is 372 g/mol. The van der Waals surface area contributed by atoms with Gasteiger partial charge in [0.1, 0.15) is 5.52 Å². The molecule has 0 bridgehead atoms. The molecule has 0 aliphatic carbocycles. The Bertz CT molecular complexity index is 966. The first-order valence-corrected chi connectivity index (χ1v) is 9.15. The highest BCUT2D eigenvalue weighted by Crippen LogP contribution is 2.21. The molecule has 136 valence electrons. The number of hydrogen-bond acceptors (Lipinski definition) is 5. The molecule has 3 rings (SSSR count). The van der Waals surface area contributed by atoms with Crippen LogP contribution in [0.2, 0.25) is 0 Å². The first-order valence-electron chi connectivity index (χ1n) is 8.16. The maximum atomic E-state index is 13.0. The van der Waals surface area contributed by atoms with Crippen molar-refractivity contribution in [2.24, 2.45) is 0 Å². The molecule has 0 spiro atoms. The molecule has 0 aliphatic heterocycles. The van der Waals surface area contributed by atoms with E-state index in [4.69, 9.17) is 4.74 Å². The Labute approximate surface area is 154 Å². The van der Waals surface area contributed by atoms with Crippen LogP contribution in [0.15, 0.2) is 46.3 Å². The second-order valence-corrected chi connectivity index (χ2v) is 6.66. The number of aromatic amines is 1. The molecule has 26 heavy (non-hydrogen) atoms. The van der Waals surface area contributed by atoms with Gasteiger partial charge in [0.15, 0.2) is 5.16 Å². The van der Waals surface area contributed by atoms with Gasteiger partial charge in [-0.2, -0.15) is 0 Å². The molecule has 2 heterocycles. The van der Waals surface area contributed by atoms with E-state index >= 15 is 0 Å². The van der Waals surface area contributed by atoms with Gasteiger partial charge in [-0.1, -0.05) is 30.0 Å². The molecular formula is C18H20N4O3S. The van der Waals surface area contributed by atoms with Crippen LogP contribution in [-0.2, 0) is 9.53 Å². The number of fused-ring (bicyclic) bond motifs is 1. The van der Waals surface area contributed by atoms with Crippen LogP contribution in [0.25, 0.3) is 16.7 Å². The van der Waals surface area contributed by atoms with Gasteiger partial charge in [-0.3, -0.25) is 14.2 Å². The molecule has 0 atom stereocenters. The molecular weight excluding hydrogens is 352 g/mol. The van der Waals surface area contributed by atoms with E-state index in [1.165, 1.54) is 16.3 Å². The van der Waals surface area contributed by atoms with Gasteiger partial charge in [0, 0.05) is 19.3 Å². The number of aryl methyl sites for hydroxylation is 1. The third-order valence-electron chi connectivity index (χ3n) is 3.73. The van der Waals surface area contributed by atoms with E-state index in [0.29, 0.717) is 35.0 Å². The molecule has 0 saturated carbocycles. The summed E-state index contributed by atoms with van der Waals surface area (Å²) in [6, 6.07) is 11.1. The van der Waals surface area contributed by atoms with Crippen molar-refractivity contribution >= 4 is 28.7 Å². The van der Waals surface area contributed by atoms with Crippen LogP contribution in [0.1, 0.15) is 5.69 Å². The first-order chi connectivity index (χ1) is 12.6. The molecule has 7 nitrogen and oxygen atoms in total. The number of hydrogen-bond donors (Lipinski definition) is 2. The van der Waals surface area contributed by atoms with Gasteiger partial charge in [0.05, 0.1) is 23.6 Å². The van der Waals surface area contributed by atoms with Gasteiger partial charge in [0.25, 0.3) is 5.56 Å². The Balaban J connectivity index is 1.95. The summed E-state index contributed by atoms with van der Waals surface area (Å²) >= 11 is 1.23. The van der Waals surface area contributed by atoms with Crippen molar-refractivity contribution in [3.63, 3.8) is 0 Å². The van der Waals surface area contributed by atoms with Gasteiger partial charge in [-0.15, -0.1) is 0 Å². The average Bonchev–Trinajstić information content (AvgIpc) is 3.02. The topological polar surface area (TPSA) is 89.0 Å². The van der Waals surface area contributed by atoms with E-state index in [1.807, 2.05) is 43.3 Å². The van der Waals surface area contributed by atoms with Crippen LogP contribution in [0.5, 0.6) is 0 Å². The van der Waals surface area contributed by atoms with Crippen molar-refractivity contribution < 1.29 is 9.53 Å². The number of aromatic nitrogens is 3. The molecule has 1 aromatic carbocycles. The maximum absolute atomic E-state index is 13.0. The minimum absolute atomic E-state index is 0.133. The minimum atomic E-state index is -0.184. The Morgan fingerprint density at radius 1 is 1.35 bits per heavy atom. The first kappa shape index (κ1) is 18.2. The number of amides is 1. The molecule has 3 aromatic rings. The molecule has 8 heteroatoms. The van der Waals surface area contributed by atoms with Crippen molar-refractivity contribution in [3.05, 3.63) is 52.4 Å². The summed E-state index contributed by atoms with van der Waals surface area (Å²) in [6.07, 6.45) is 0. The van der Waals surface area contributed by atoms with Gasteiger partial charge in [-0.25, -0.2) is 4.98 Å². The largest absolute Gasteiger partial charge is 0.383 e. The molecule has 0 fully saturated rings. The molecule has 0 aliphatic rings. The highest BCUT2D eigenvalue weighted by molar-refractivity contribution is 7.99. The van der Waals surface area contributed by atoms with Crippen molar-refractivity contribution in [3.8, 4) is 5.69 Å². The molecule has 0 saturated heterocycles. The lowest BCUT2D eigenvalue weighted by atomic mass is 10.3. The van der Waals surface area contributed by atoms with E-state index < -0.39 is 0 Å². The highest BCUT2D eigenvalue weighted by atomic mass is 32.2. The van der Waals surface area contributed by atoms with E-state index in [-0.39, 0.29) is 17.2 Å². The SMILES string of the molecule is COCCNC(=O)CSc1nc2cc(C)[nH]c2c(=O)n1-c1ccccc1. The quantitative estimate of drug-likeness (QED) is 0.376. The van der Waals surface area contributed by atoms with E-state index in [1.54, 1.807) is 7.11 Å². The summed E-state index contributed by atoms with van der Waals surface area (Å²) in [5.41, 5.74) is 2.45. The van der Waals surface area contributed by atoms with Crippen molar-refractivity contribution in [2.75, 3.05) is 26.0 Å².